The first-order valence-corrected chi connectivity index (χ1v) is 9.84. The fraction of sp³-hybridized carbons (Fsp3) is 0.217. The van der Waals surface area contributed by atoms with Gasteiger partial charge in [0.05, 0.1) is 11.6 Å². The van der Waals surface area contributed by atoms with E-state index in [-0.39, 0.29) is 22.9 Å². The van der Waals surface area contributed by atoms with Crippen LogP contribution in [0.5, 0.6) is 5.75 Å². The molecule has 3 aromatic rings. The van der Waals surface area contributed by atoms with E-state index < -0.39 is 17.5 Å². The monoisotopic (exact) mass is 423 g/mol. The Balaban J connectivity index is 1.55. The van der Waals surface area contributed by atoms with Crippen molar-refractivity contribution in [1.29, 1.82) is 0 Å². The third-order valence-corrected chi connectivity index (χ3v) is 5.50. The quantitative estimate of drug-likeness (QED) is 0.564. The van der Waals surface area contributed by atoms with E-state index in [1.807, 2.05) is 25.1 Å². The maximum Gasteiger partial charge on any atom is 0.309 e. The maximum absolute atomic E-state index is 14.1. The number of rotatable bonds is 6. The lowest BCUT2D eigenvalue weighted by Gasteiger charge is -2.36. The Hall–Kier alpha value is -3.65. The van der Waals surface area contributed by atoms with Gasteiger partial charge < -0.3 is 15.5 Å². The van der Waals surface area contributed by atoms with Crippen LogP contribution in [0.25, 0.3) is 5.69 Å². The molecule has 0 unspecified atom stereocenters. The number of nitrogens with zero attached hydrogens (tertiary/aromatic N) is 2. The molecule has 2 heterocycles. The summed E-state index contributed by atoms with van der Waals surface area (Å²) in [4.78, 5) is 26.0. The van der Waals surface area contributed by atoms with Gasteiger partial charge in [-0.3, -0.25) is 19.1 Å². The number of phenolic OH excluding ortho intramolecular Hbond substituents is 1. The third kappa shape index (κ3) is 4.15. The Kier molecular flexibility index (Phi) is 5.48. The van der Waals surface area contributed by atoms with Crippen LogP contribution in [-0.2, 0) is 11.3 Å². The number of carboxylic acids is 1. The summed E-state index contributed by atoms with van der Waals surface area (Å²) in [5, 5.41) is 21.3. The predicted octanol–water partition coefficient (Wildman–Crippen LogP) is 3.25. The average molecular weight is 423 g/mol. The van der Waals surface area contributed by atoms with Crippen molar-refractivity contribution in [2.45, 2.75) is 13.5 Å². The number of anilines is 2. The number of pyridine rings is 1. The second kappa shape index (κ2) is 8.23. The van der Waals surface area contributed by atoms with E-state index in [4.69, 9.17) is 5.11 Å². The lowest BCUT2D eigenvalue weighted by Crippen LogP contribution is -2.49. The number of phenols is 1. The fourth-order valence-corrected chi connectivity index (χ4v) is 3.66. The summed E-state index contributed by atoms with van der Waals surface area (Å²) in [5.74, 6) is -2.38. The molecule has 0 saturated carbocycles. The molecule has 3 N–H and O–H groups in total. The summed E-state index contributed by atoms with van der Waals surface area (Å²) in [6.07, 6.45) is 1.63. The zero-order chi connectivity index (χ0) is 22.1. The highest BCUT2D eigenvalue weighted by Gasteiger charge is 2.32. The zero-order valence-corrected chi connectivity index (χ0v) is 16.9. The molecule has 0 radical (unpaired) electrons. The molecule has 1 fully saturated rings. The van der Waals surface area contributed by atoms with E-state index in [1.54, 1.807) is 18.3 Å². The van der Waals surface area contributed by atoms with Crippen molar-refractivity contribution in [3.8, 4) is 11.4 Å². The highest BCUT2D eigenvalue weighted by atomic mass is 19.1. The summed E-state index contributed by atoms with van der Waals surface area (Å²) in [5.41, 5.74) is 2.55. The third-order valence-electron chi connectivity index (χ3n) is 5.50. The smallest absolute Gasteiger partial charge is 0.309 e. The minimum atomic E-state index is -0.825. The van der Waals surface area contributed by atoms with Crippen molar-refractivity contribution in [2.75, 3.05) is 18.4 Å². The highest BCUT2D eigenvalue weighted by Crippen LogP contribution is 2.25. The van der Waals surface area contributed by atoms with Crippen LogP contribution < -0.4 is 10.9 Å². The van der Waals surface area contributed by atoms with E-state index in [1.165, 1.54) is 22.8 Å². The highest BCUT2D eigenvalue weighted by molar-refractivity contribution is 5.71. The van der Waals surface area contributed by atoms with Crippen LogP contribution in [0, 0.1) is 18.7 Å². The summed E-state index contributed by atoms with van der Waals surface area (Å²) in [6.45, 7) is 3.68. The molecule has 0 spiro atoms. The Morgan fingerprint density at radius 3 is 2.61 bits per heavy atom. The van der Waals surface area contributed by atoms with Gasteiger partial charge in [0.25, 0.3) is 5.56 Å². The summed E-state index contributed by atoms with van der Waals surface area (Å²) >= 11 is 0. The van der Waals surface area contributed by atoms with Gasteiger partial charge in [-0.1, -0.05) is 12.1 Å². The van der Waals surface area contributed by atoms with Gasteiger partial charge in [0.2, 0.25) is 0 Å². The van der Waals surface area contributed by atoms with Crippen molar-refractivity contribution < 1.29 is 19.4 Å². The molecule has 0 aliphatic carbocycles. The normalized spacial score (nSPS) is 14.3. The van der Waals surface area contributed by atoms with Crippen LogP contribution in [0.1, 0.15) is 11.1 Å². The molecular weight excluding hydrogens is 401 g/mol. The van der Waals surface area contributed by atoms with Crippen molar-refractivity contribution in [3.05, 3.63) is 82.0 Å². The molecule has 8 heteroatoms. The molecule has 0 amide bonds. The number of aryl methyl sites for hydroxylation is 1. The van der Waals surface area contributed by atoms with Crippen molar-refractivity contribution >= 4 is 17.3 Å². The van der Waals surface area contributed by atoms with Crippen molar-refractivity contribution in [3.63, 3.8) is 0 Å². The first-order valence-electron chi connectivity index (χ1n) is 9.84. The van der Waals surface area contributed by atoms with E-state index in [0.29, 0.717) is 25.3 Å². The van der Waals surface area contributed by atoms with Gasteiger partial charge in [-0.2, -0.15) is 0 Å². The van der Waals surface area contributed by atoms with E-state index in [0.717, 1.165) is 11.1 Å². The van der Waals surface area contributed by atoms with Gasteiger partial charge in [-0.05, 0) is 54.4 Å². The van der Waals surface area contributed by atoms with Crippen molar-refractivity contribution in [2.24, 2.45) is 5.92 Å². The van der Waals surface area contributed by atoms with Gasteiger partial charge in [-0.25, -0.2) is 4.39 Å². The van der Waals surface area contributed by atoms with Gasteiger partial charge in [0.15, 0.2) is 11.6 Å². The fourth-order valence-electron chi connectivity index (χ4n) is 3.66. The Morgan fingerprint density at radius 1 is 1.16 bits per heavy atom. The largest absolute Gasteiger partial charge is 0.505 e. The SMILES string of the molecule is Cc1cc(-n2cccc(Nc3cccc(O)c3F)c2=O)ccc1CN1CC(C(=O)O)C1. The van der Waals surface area contributed by atoms with Gasteiger partial charge in [-0.15, -0.1) is 0 Å². The van der Waals surface area contributed by atoms with Gasteiger partial charge in [0, 0.05) is 31.5 Å². The molecule has 4 rings (SSSR count). The number of aliphatic carboxylic acids is 1. The molecule has 1 aliphatic heterocycles. The Labute approximate surface area is 178 Å². The molecule has 31 heavy (non-hydrogen) atoms. The zero-order valence-electron chi connectivity index (χ0n) is 16.9. The number of carbonyl (C=O) groups is 1. The van der Waals surface area contributed by atoms with Crippen LogP contribution in [0.3, 0.4) is 0 Å². The average Bonchev–Trinajstić information content (AvgIpc) is 2.70. The van der Waals surface area contributed by atoms with Crippen LogP contribution in [-0.4, -0.2) is 38.7 Å². The summed E-state index contributed by atoms with van der Waals surface area (Å²) in [6, 6.07) is 13.0. The van der Waals surface area contributed by atoms with E-state index >= 15 is 0 Å². The number of benzene rings is 2. The van der Waals surface area contributed by atoms with Gasteiger partial charge >= 0.3 is 5.97 Å². The maximum atomic E-state index is 14.1. The van der Waals surface area contributed by atoms with E-state index in [2.05, 4.69) is 10.2 Å². The predicted molar refractivity (Wildman–Crippen MR) is 115 cm³/mol. The molecule has 0 bridgehead atoms. The minimum absolute atomic E-state index is 0.00981. The number of nitrogens with one attached hydrogen (secondary N) is 1. The van der Waals surface area contributed by atoms with Crippen LogP contribution in [0.15, 0.2) is 59.5 Å². The molecule has 7 nitrogen and oxygen atoms in total. The number of aromatic nitrogens is 1. The lowest BCUT2D eigenvalue weighted by molar-refractivity contribution is -0.147. The molecule has 0 atom stereocenters. The summed E-state index contributed by atoms with van der Waals surface area (Å²) < 4.78 is 15.6. The van der Waals surface area contributed by atoms with Crippen LogP contribution in [0.4, 0.5) is 15.8 Å². The second-order valence-electron chi connectivity index (χ2n) is 7.70. The first kappa shape index (κ1) is 20.6. The van der Waals surface area contributed by atoms with Crippen molar-refractivity contribution in [1.82, 2.24) is 9.47 Å². The molecular formula is C23H22FN3O4. The number of halogens is 1. The lowest BCUT2D eigenvalue weighted by atomic mass is 9.98. The van der Waals surface area contributed by atoms with Crippen LogP contribution in [0.2, 0.25) is 0 Å². The molecule has 1 saturated heterocycles. The van der Waals surface area contributed by atoms with Crippen LogP contribution >= 0.6 is 0 Å². The number of hydrogen-bond acceptors (Lipinski definition) is 5. The Morgan fingerprint density at radius 2 is 1.90 bits per heavy atom. The molecule has 160 valence electrons. The Bertz CT molecular complexity index is 1200. The minimum Gasteiger partial charge on any atom is -0.505 e. The topological polar surface area (TPSA) is 94.8 Å². The standard InChI is InChI=1S/C23H22FN3O4/c1-14-10-17(8-7-15(14)11-26-12-16(13-26)23(30)31)27-9-3-5-19(22(27)29)25-18-4-2-6-20(28)21(18)24/h2-10,16,25,28H,11-13H2,1H3,(H,30,31). The summed E-state index contributed by atoms with van der Waals surface area (Å²) in [7, 11) is 0. The first-order chi connectivity index (χ1) is 14.8. The molecule has 1 aliphatic rings. The van der Waals surface area contributed by atoms with E-state index in [9.17, 15) is 19.1 Å². The second-order valence-corrected chi connectivity index (χ2v) is 7.70. The number of carboxylic acid groups (broad SMARTS) is 1. The van der Waals surface area contributed by atoms with Gasteiger partial charge in [0.1, 0.15) is 5.69 Å². The number of aromatic hydroxyl groups is 1. The number of hydrogen-bond donors (Lipinski definition) is 3. The number of likely N-dealkylation sites (tertiary alicyclic amines) is 1. The molecule has 1 aromatic heterocycles. The molecule has 2 aromatic carbocycles.